The highest BCUT2D eigenvalue weighted by Crippen LogP contribution is 2.30. The molecule has 2 rings (SSSR count). The predicted molar refractivity (Wildman–Crippen MR) is 87.0 cm³/mol. The molecule has 0 aliphatic rings. The molecule has 0 aliphatic heterocycles. The minimum atomic E-state index is 0.416. The summed E-state index contributed by atoms with van der Waals surface area (Å²) in [6.07, 6.45) is 1.07. The molecule has 1 unspecified atom stereocenters. The van der Waals surface area contributed by atoms with Crippen LogP contribution in [0.4, 0.5) is 0 Å². The summed E-state index contributed by atoms with van der Waals surface area (Å²) < 4.78 is 6.64. The number of alkyl halides is 1. The van der Waals surface area contributed by atoms with Crippen molar-refractivity contribution in [2.75, 3.05) is 6.61 Å². The van der Waals surface area contributed by atoms with E-state index < -0.39 is 0 Å². The zero-order chi connectivity index (χ0) is 13.0. The molecule has 18 heavy (non-hydrogen) atoms. The fourth-order valence-corrected chi connectivity index (χ4v) is 3.93. The van der Waals surface area contributed by atoms with Crippen molar-refractivity contribution < 1.29 is 4.74 Å². The van der Waals surface area contributed by atoms with E-state index in [0.29, 0.717) is 11.4 Å². The van der Waals surface area contributed by atoms with Crippen LogP contribution in [0.25, 0.3) is 10.4 Å². The van der Waals surface area contributed by atoms with Gasteiger partial charge < -0.3 is 4.74 Å². The van der Waals surface area contributed by atoms with Gasteiger partial charge in [0.05, 0.1) is 0 Å². The zero-order valence-corrected chi connectivity index (χ0v) is 13.9. The van der Waals surface area contributed by atoms with Crippen LogP contribution in [0.3, 0.4) is 0 Å². The summed E-state index contributed by atoms with van der Waals surface area (Å²) >= 11 is 8.70. The molecule has 2 aromatic rings. The Morgan fingerprint density at radius 2 is 2.00 bits per heavy atom. The highest BCUT2D eigenvalue weighted by Gasteiger charge is 2.03. The molecule has 1 heterocycles. The van der Waals surface area contributed by atoms with Crippen molar-refractivity contribution in [2.45, 2.75) is 18.2 Å². The van der Waals surface area contributed by atoms with Crippen LogP contribution in [0.1, 0.15) is 13.3 Å². The van der Waals surface area contributed by atoms with Gasteiger partial charge in [-0.05, 0) is 42.3 Å². The fraction of sp³-hybridized carbons (Fsp3) is 0.308. The lowest BCUT2D eigenvalue weighted by Crippen LogP contribution is -2.09. The topological polar surface area (TPSA) is 9.23 Å². The first-order valence-electron chi connectivity index (χ1n) is 5.66. The molecule has 0 radical (unpaired) electrons. The van der Waals surface area contributed by atoms with Gasteiger partial charge in [0.2, 0.25) is 0 Å². The van der Waals surface area contributed by atoms with E-state index in [2.05, 4.69) is 35.0 Å². The van der Waals surface area contributed by atoms with Gasteiger partial charge in [-0.1, -0.05) is 55.8 Å². The number of ether oxygens (including phenoxy) is 1. The molecular formula is C13H13BrOS3. The second-order valence-corrected chi connectivity index (χ2v) is 8.04. The summed E-state index contributed by atoms with van der Waals surface area (Å²) in [5.74, 6) is 0.912. The number of benzene rings is 1. The largest absolute Gasteiger partial charge is 0.492 e. The Kier molecular flexibility index (Phi) is 5.36. The standard InChI is InChI=1S/C13H13BrOS3/c1-2-10(14)8-15-11-5-3-9(4-6-11)12-7-13(16)18-17-12/h3-7,10H,2,8H2,1H3. The van der Waals surface area contributed by atoms with E-state index in [4.69, 9.17) is 17.0 Å². The van der Waals surface area contributed by atoms with Crippen LogP contribution in [0, 0.1) is 3.82 Å². The van der Waals surface area contributed by atoms with E-state index >= 15 is 0 Å². The number of hydrogen-bond donors (Lipinski definition) is 0. The Morgan fingerprint density at radius 1 is 1.28 bits per heavy atom. The molecule has 1 nitrogen and oxygen atoms in total. The monoisotopic (exact) mass is 360 g/mol. The third kappa shape index (κ3) is 3.88. The average Bonchev–Trinajstić information content (AvgIpc) is 2.83. The van der Waals surface area contributed by atoms with Crippen LogP contribution in [0.2, 0.25) is 0 Å². The summed E-state index contributed by atoms with van der Waals surface area (Å²) in [5.41, 5.74) is 1.20. The second kappa shape index (κ2) is 6.80. The Morgan fingerprint density at radius 3 is 2.56 bits per heavy atom. The lowest BCUT2D eigenvalue weighted by molar-refractivity contribution is 0.317. The molecular weight excluding hydrogens is 348 g/mol. The van der Waals surface area contributed by atoms with E-state index in [1.807, 2.05) is 18.2 Å². The smallest absolute Gasteiger partial charge is 0.119 e. The first-order chi connectivity index (χ1) is 8.69. The molecule has 0 amide bonds. The Hall–Kier alpha value is -0.230. The van der Waals surface area contributed by atoms with Gasteiger partial charge in [0, 0.05) is 9.70 Å². The van der Waals surface area contributed by atoms with Crippen LogP contribution in [0.15, 0.2) is 30.3 Å². The maximum Gasteiger partial charge on any atom is 0.119 e. The summed E-state index contributed by atoms with van der Waals surface area (Å²) in [7, 11) is 3.36. The van der Waals surface area contributed by atoms with Crippen LogP contribution < -0.4 is 4.74 Å². The molecule has 0 N–H and O–H groups in total. The molecule has 0 spiro atoms. The summed E-state index contributed by atoms with van der Waals surface area (Å²) in [6.45, 7) is 2.84. The maximum atomic E-state index is 5.69. The number of rotatable bonds is 5. The van der Waals surface area contributed by atoms with E-state index in [0.717, 1.165) is 16.0 Å². The molecule has 0 fully saturated rings. The Bertz CT molecular complexity index is 544. The van der Waals surface area contributed by atoms with E-state index in [-0.39, 0.29) is 0 Å². The molecule has 0 saturated heterocycles. The van der Waals surface area contributed by atoms with Gasteiger partial charge in [0.25, 0.3) is 0 Å². The highest BCUT2D eigenvalue weighted by atomic mass is 79.9. The highest BCUT2D eigenvalue weighted by molar-refractivity contribution is 9.09. The summed E-state index contributed by atoms with van der Waals surface area (Å²) in [5, 5.41) is 0. The molecule has 5 heteroatoms. The molecule has 0 bridgehead atoms. The van der Waals surface area contributed by atoms with Crippen molar-refractivity contribution in [1.29, 1.82) is 0 Å². The summed E-state index contributed by atoms with van der Waals surface area (Å²) in [4.78, 5) is 1.64. The minimum absolute atomic E-state index is 0.416. The quantitative estimate of drug-likeness (QED) is 0.380. The second-order valence-electron chi connectivity index (χ2n) is 3.84. The third-order valence-corrected chi connectivity index (χ3v) is 6.30. The molecule has 96 valence electrons. The van der Waals surface area contributed by atoms with Crippen LogP contribution in [0.5, 0.6) is 5.75 Å². The van der Waals surface area contributed by atoms with Crippen molar-refractivity contribution in [3.05, 3.63) is 34.2 Å². The Labute approximate surface area is 128 Å². The first-order valence-corrected chi connectivity index (χ1v) is 9.14. The van der Waals surface area contributed by atoms with Crippen LogP contribution in [-0.4, -0.2) is 11.4 Å². The van der Waals surface area contributed by atoms with Gasteiger partial charge in [-0.15, -0.1) is 0 Å². The van der Waals surface area contributed by atoms with E-state index in [1.54, 1.807) is 20.7 Å². The minimum Gasteiger partial charge on any atom is -0.492 e. The lowest BCUT2D eigenvalue weighted by Gasteiger charge is -2.09. The van der Waals surface area contributed by atoms with Gasteiger partial charge in [0.1, 0.15) is 16.2 Å². The predicted octanol–water partition coefficient (Wildman–Crippen LogP) is 5.76. The molecule has 1 atom stereocenters. The number of hydrogen-bond acceptors (Lipinski definition) is 4. The average molecular weight is 361 g/mol. The Balaban J connectivity index is 2.03. The normalized spacial score (nSPS) is 12.3. The van der Waals surface area contributed by atoms with Crippen molar-refractivity contribution in [3.63, 3.8) is 0 Å². The van der Waals surface area contributed by atoms with Gasteiger partial charge in [-0.25, -0.2) is 0 Å². The first kappa shape index (κ1) is 14.2. The third-order valence-electron chi connectivity index (χ3n) is 2.48. The van der Waals surface area contributed by atoms with Gasteiger partial charge in [-0.2, -0.15) is 0 Å². The zero-order valence-electron chi connectivity index (χ0n) is 9.89. The molecule has 0 saturated carbocycles. The van der Waals surface area contributed by atoms with Crippen molar-refractivity contribution in [2.24, 2.45) is 0 Å². The maximum absolute atomic E-state index is 5.69. The lowest BCUT2D eigenvalue weighted by atomic mass is 10.2. The van der Waals surface area contributed by atoms with Gasteiger partial charge in [-0.3, -0.25) is 0 Å². The molecule has 0 aliphatic carbocycles. The van der Waals surface area contributed by atoms with E-state index in [1.165, 1.54) is 10.4 Å². The SMILES string of the molecule is CCC(Br)COc1ccc(-c2cc(=S)ss2)cc1. The van der Waals surface area contributed by atoms with Crippen molar-refractivity contribution >= 4 is 48.8 Å². The van der Waals surface area contributed by atoms with Gasteiger partial charge in [0.15, 0.2) is 0 Å². The van der Waals surface area contributed by atoms with Crippen LogP contribution in [-0.2, 0) is 0 Å². The van der Waals surface area contributed by atoms with Crippen molar-refractivity contribution in [3.8, 4) is 16.2 Å². The number of halogens is 1. The van der Waals surface area contributed by atoms with Crippen molar-refractivity contribution in [1.82, 2.24) is 0 Å². The van der Waals surface area contributed by atoms with E-state index in [9.17, 15) is 0 Å². The molecule has 1 aromatic carbocycles. The fourth-order valence-electron chi connectivity index (χ4n) is 1.39. The summed E-state index contributed by atoms with van der Waals surface area (Å²) in [6, 6.07) is 10.2. The van der Waals surface area contributed by atoms with Gasteiger partial charge >= 0.3 is 0 Å². The molecule has 1 aromatic heterocycles. The van der Waals surface area contributed by atoms with Crippen LogP contribution >= 0.6 is 48.8 Å².